The van der Waals surface area contributed by atoms with Crippen molar-refractivity contribution < 1.29 is 4.79 Å². The fraction of sp³-hybridized carbons (Fsp3) is 0.214. The van der Waals surface area contributed by atoms with Crippen molar-refractivity contribution in [1.29, 1.82) is 0 Å². The van der Waals surface area contributed by atoms with E-state index in [1.165, 1.54) is 5.69 Å². The van der Waals surface area contributed by atoms with Gasteiger partial charge < -0.3 is 9.88 Å². The maximum atomic E-state index is 12.5. The zero-order chi connectivity index (χ0) is 14.3. The van der Waals surface area contributed by atoms with Crippen LogP contribution in [0.4, 0.5) is 0 Å². The molecule has 1 aromatic carbocycles. The van der Waals surface area contributed by atoms with Crippen LogP contribution in [0.5, 0.6) is 0 Å². The molecule has 104 valence electrons. The van der Waals surface area contributed by atoms with E-state index in [1.807, 2.05) is 29.2 Å². The van der Waals surface area contributed by atoms with Crippen LogP contribution in [0, 0.1) is 0 Å². The summed E-state index contributed by atoms with van der Waals surface area (Å²) >= 11 is 10.4. The number of carbonyl (C=O) groups is 1. The van der Waals surface area contributed by atoms with Crippen molar-refractivity contribution in [3.05, 3.63) is 54.6 Å². The number of amides is 1. The van der Waals surface area contributed by atoms with Gasteiger partial charge in [-0.1, -0.05) is 22.0 Å². The van der Waals surface area contributed by atoms with Crippen molar-refractivity contribution in [1.82, 2.24) is 9.88 Å². The molecular weight excluding hydrogens is 452 g/mol. The molecule has 1 N–H and O–H groups in total. The molecule has 1 aliphatic rings. The van der Waals surface area contributed by atoms with Gasteiger partial charge in [0, 0.05) is 40.8 Å². The molecule has 0 unspecified atom stereocenters. The van der Waals surface area contributed by atoms with Gasteiger partial charge >= 0.3 is 0 Å². The number of nitrogens with one attached hydrogen (secondary N) is 1. The number of hydrogen-bond donors (Lipinski definition) is 1. The van der Waals surface area contributed by atoms with Gasteiger partial charge in [-0.05, 0) is 50.1 Å². The molecule has 2 aromatic rings. The van der Waals surface area contributed by atoms with Crippen molar-refractivity contribution in [3.8, 4) is 0 Å². The maximum Gasteiger partial charge on any atom is 0.254 e. The maximum absolute atomic E-state index is 12.5. The van der Waals surface area contributed by atoms with Crippen LogP contribution in [0.25, 0.3) is 0 Å². The minimum atomic E-state index is 0.0705. The smallest absolute Gasteiger partial charge is 0.254 e. The first-order chi connectivity index (χ1) is 9.56. The average Bonchev–Trinajstić information content (AvgIpc) is 2.73. The second-order valence-electron chi connectivity index (χ2n) is 4.70. The van der Waals surface area contributed by atoms with Crippen molar-refractivity contribution in [2.45, 2.75) is 13.0 Å². The van der Waals surface area contributed by atoms with Gasteiger partial charge in [-0.2, -0.15) is 0 Å². The molecular formula is C14H11Br3N2O. The molecule has 1 aliphatic heterocycles. The van der Waals surface area contributed by atoms with Crippen molar-refractivity contribution in [3.63, 3.8) is 0 Å². The lowest BCUT2D eigenvalue weighted by Crippen LogP contribution is -2.35. The lowest BCUT2D eigenvalue weighted by atomic mass is 10.1. The second kappa shape index (κ2) is 5.66. The average molecular weight is 463 g/mol. The minimum absolute atomic E-state index is 0.0705. The van der Waals surface area contributed by atoms with Crippen LogP contribution < -0.4 is 0 Å². The topological polar surface area (TPSA) is 36.1 Å². The number of hydrogen-bond acceptors (Lipinski definition) is 1. The fourth-order valence-electron chi connectivity index (χ4n) is 2.40. The van der Waals surface area contributed by atoms with E-state index in [0.29, 0.717) is 12.1 Å². The summed E-state index contributed by atoms with van der Waals surface area (Å²) in [5.74, 6) is 0.0705. The highest BCUT2D eigenvalue weighted by Crippen LogP contribution is 2.33. The molecule has 1 amide bonds. The molecule has 0 radical (unpaired) electrons. The van der Waals surface area contributed by atoms with Gasteiger partial charge in [-0.25, -0.2) is 0 Å². The second-order valence-corrected chi connectivity index (χ2v) is 7.20. The number of halogens is 3. The first-order valence-corrected chi connectivity index (χ1v) is 8.53. The van der Waals surface area contributed by atoms with Gasteiger partial charge in [-0.15, -0.1) is 0 Å². The Morgan fingerprint density at radius 1 is 1.25 bits per heavy atom. The molecule has 0 spiro atoms. The summed E-state index contributed by atoms with van der Waals surface area (Å²) in [5.41, 5.74) is 3.07. The van der Waals surface area contributed by atoms with Crippen LogP contribution >= 0.6 is 47.8 Å². The highest BCUT2D eigenvalue weighted by molar-refractivity contribution is 9.13. The number of carbonyl (C=O) groups excluding carboxylic acids is 1. The number of aromatic amines is 1. The SMILES string of the molecule is O=C(c1cccc(Br)c1)N1CCc2[nH]c(Br)c(Br)c2C1. The molecule has 1 aromatic heterocycles. The van der Waals surface area contributed by atoms with E-state index >= 15 is 0 Å². The number of benzene rings is 1. The number of H-pyrrole nitrogens is 1. The van der Waals surface area contributed by atoms with E-state index in [9.17, 15) is 4.79 Å². The summed E-state index contributed by atoms with van der Waals surface area (Å²) in [5, 5.41) is 0. The summed E-state index contributed by atoms with van der Waals surface area (Å²) in [6.45, 7) is 1.36. The Morgan fingerprint density at radius 3 is 2.80 bits per heavy atom. The molecule has 0 saturated heterocycles. The summed E-state index contributed by atoms with van der Waals surface area (Å²) in [6, 6.07) is 7.52. The Morgan fingerprint density at radius 2 is 2.05 bits per heavy atom. The van der Waals surface area contributed by atoms with Gasteiger partial charge in [0.15, 0.2) is 0 Å². The van der Waals surface area contributed by atoms with Gasteiger partial charge in [0.05, 0.1) is 9.08 Å². The minimum Gasteiger partial charge on any atom is -0.352 e. The van der Waals surface area contributed by atoms with Crippen molar-refractivity contribution in [2.24, 2.45) is 0 Å². The first kappa shape index (κ1) is 14.4. The van der Waals surface area contributed by atoms with Gasteiger partial charge in [0.1, 0.15) is 0 Å². The molecule has 6 heteroatoms. The van der Waals surface area contributed by atoms with E-state index < -0.39 is 0 Å². The fourth-order valence-corrected chi connectivity index (χ4v) is 3.74. The molecule has 0 saturated carbocycles. The van der Waals surface area contributed by atoms with Crippen LogP contribution in [0.3, 0.4) is 0 Å². The lowest BCUT2D eigenvalue weighted by molar-refractivity contribution is 0.0734. The molecule has 0 atom stereocenters. The Labute approximate surface area is 142 Å². The standard InChI is InChI=1S/C14H11Br3N2O/c15-9-3-1-2-8(6-9)14(20)19-5-4-11-10(7-19)12(16)13(17)18-11/h1-3,6,18H,4-5,7H2. The molecule has 0 fully saturated rings. The third-order valence-corrected chi connectivity index (χ3v) is 5.92. The zero-order valence-electron chi connectivity index (χ0n) is 10.4. The van der Waals surface area contributed by atoms with Gasteiger partial charge in [0.25, 0.3) is 5.91 Å². The monoisotopic (exact) mass is 460 g/mol. The quantitative estimate of drug-likeness (QED) is 0.665. The van der Waals surface area contributed by atoms with Crippen molar-refractivity contribution in [2.75, 3.05) is 6.54 Å². The van der Waals surface area contributed by atoms with Crippen LogP contribution in [-0.4, -0.2) is 22.3 Å². The van der Waals surface area contributed by atoms with E-state index in [1.54, 1.807) is 0 Å². The Balaban J connectivity index is 1.86. The van der Waals surface area contributed by atoms with Crippen LogP contribution in [-0.2, 0) is 13.0 Å². The number of fused-ring (bicyclic) bond motifs is 1. The molecule has 3 rings (SSSR count). The van der Waals surface area contributed by atoms with Gasteiger partial charge in [-0.3, -0.25) is 4.79 Å². The van der Waals surface area contributed by atoms with E-state index in [4.69, 9.17) is 0 Å². The predicted octanol–water partition coefficient (Wildman–Crippen LogP) is 4.50. The molecule has 20 heavy (non-hydrogen) atoms. The van der Waals surface area contributed by atoms with Crippen LogP contribution in [0.2, 0.25) is 0 Å². The number of nitrogens with zero attached hydrogens (tertiary/aromatic N) is 1. The van der Waals surface area contributed by atoms with Crippen LogP contribution in [0.1, 0.15) is 21.6 Å². The largest absolute Gasteiger partial charge is 0.352 e. The first-order valence-electron chi connectivity index (χ1n) is 6.16. The molecule has 0 bridgehead atoms. The Hall–Kier alpha value is -0.590. The summed E-state index contributed by atoms with van der Waals surface area (Å²) < 4.78 is 2.88. The summed E-state index contributed by atoms with van der Waals surface area (Å²) in [4.78, 5) is 17.7. The molecule has 2 heterocycles. The molecule has 3 nitrogen and oxygen atoms in total. The van der Waals surface area contributed by atoms with E-state index in [0.717, 1.165) is 32.1 Å². The summed E-state index contributed by atoms with van der Waals surface area (Å²) in [7, 11) is 0. The van der Waals surface area contributed by atoms with E-state index in [2.05, 4.69) is 52.8 Å². The summed E-state index contributed by atoms with van der Waals surface area (Å²) in [6.07, 6.45) is 0.847. The van der Waals surface area contributed by atoms with Gasteiger partial charge in [0.2, 0.25) is 0 Å². The lowest BCUT2D eigenvalue weighted by Gasteiger charge is -2.27. The third kappa shape index (κ3) is 2.61. The Kier molecular flexibility index (Phi) is 4.06. The normalized spacial score (nSPS) is 14.2. The third-order valence-electron chi connectivity index (χ3n) is 3.42. The van der Waals surface area contributed by atoms with Crippen molar-refractivity contribution >= 4 is 53.7 Å². The van der Waals surface area contributed by atoms with Crippen LogP contribution in [0.15, 0.2) is 37.8 Å². The predicted molar refractivity (Wildman–Crippen MR) is 88.8 cm³/mol. The van der Waals surface area contributed by atoms with E-state index in [-0.39, 0.29) is 5.91 Å². The zero-order valence-corrected chi connectivity index (χ0v) is 15.2. The molecule has 0 aliphatic carbocycles. The highest BCUT2D eigenvalue weighted by Gasteiger charge is 2.25. The number of aromatic nitrogens is 1. The Bertz CT molecular complexity index is 681. The number of rotatable bonds is 1. The highest BCUT2D eigenvalue weighted by atomic mass is 79.9.